The Morgan fingerprint density at radius 3 is 2.56 bits per heavy atom. The van der Waals surface area contributed by atoms with Crippen LogP contribution in [0, 0.1) is 0 Å². The van der Waals surface area contributed by atoms with Crippen LogP contribution in [0.25, 0.3) is 0 Å². The Bertz CT molecular complexity index is 975. The molecule has 1 amide bonds. The van der Waals surface area contributed by atoms with E-state index in [0.717, 1.165) is 5.69 Å². The fraction of sp³-hybridized carbons (Fsp3) is 0.143. The second kappa shape index (κ2) is 6.99. The number of rotatable bonds is 5. The maximum Gasteiger partial charge on any atom is 0.262 e. The summed E-state index contributed by atoms with van der Waals surface area (Å²) in [7, 11) is 3.17. The summed E-state index contributed by atoms with van der Waals surface area (Å²) in [6, 6.07) is 18.7. The van der Waals surface area contributed by atoms with Crippen LogP contribution in [0.5, 0.6) is 11.5 Å². The summed E-state index contributed by atoms with van der Waals surface area (Å²) < 4.78 is 10.9. The second-order valence-corrected chi connectivity index (χ2v) is 6.06. The molecular weight excluding hydrogens is 342 g/mol. The first kappa shape index (κ1) is 16.9. The topological polar surface area (TPSA) is 63.7 Å². The molecule has 4 rings (SSSR count). The Kier molecular flexibility index (Phi) is 4.38. The summed E-state index contributed by atoms with van der Waals surface area (Å²) in [6.07, 6.45) is 1.23. The number of aromatic nitrogens is 1. The highest BCUT2D eigenvalue weighted by Crippen LogP contribution is 2.42. The van der Waals surface area contributed by atoms with Gasteiger partial charge in [-0.05, 0) is 36.4 Å². The number of hydrogen-bond acceptors (Lipinski definition) is 5. The van der Waals surface area contributed by atoms with E-state index in [1.54, 1.807) is 55.6 Å². The van der Waals surface area contributed by atoms with Crippen molar-refractivity contribution in [2.45, 2.75) is 6.17 Å². The van der Waals surface area contributed by atoms with Gasteiger partial charge in [0.25, 0.3) is 5.91 Å². The van der Waals surface area contributed by atoms with Crippen LogP contribution in [-0.4, -0.2) is 25.1 Å². The van der Waals surface area contributed by atoms with Gasteiger partial charge < -0.3 is 14.8 Å². The molecule has 0 saturated carbocycles. The van der Waals surface area contributed by atoms with Crippen molar-refractivity contribution in [3.05, 3.63) is 78.1 Å². The van der Waals surface area contributed by atoms with Crippen LogP contribution in [0.2, 0.25) is 0 Å². The average molecular weight is 361 g/mol. The molecule has 1 atom stereocenters. The minimum Gasteiger partial charge on any atom is -0.497 e. The van der Waals surface area contributed by atoms with E-state index < -0.39 is 6.17 Å². The quantitative estimate of drug-likeness (QED) is 0.747. The lowest BCUT2D eigenvalue weighted by molar-refractivity contribution is 0.0992. The van der Waals surface area contributed by atoms with Gasteiger partial charge in [-0.2, -0.15) is 0 Å². The first-order valence-corrected chi connectivity index (χ1v) is 8.55. The zero-order valence-corrected chi connectivity index (χ0v) is 15.0. The first-order valence-electron chi connectivity index (χ1n) is 8.55. The predicted octanol–water partition coefficient (Wildman–Crippen LogP) is 3.87. The molecule has 0 fully saturated rings. The molecule has 2 aromatic carbocycles. The smallest absolute Gasteiger partial charge is 0.262 e. The van der Waals surface area contributed by atoms with E-state index >= 15 is 0 Å². The third kappa shape index (κ3) is 2.95. The molecular formula is C21H19N3O3. The number of nitrogens with one attached hydrogen (secondary N) is 1. The number of pyridine rings is 1. The van der Waals surface area contributed by atoms with Gasteiger partial charge in [0.2, 0.25) is 0 Å². The van der Waals surface area contributed by atoms with Crippen molar-refractivity contribution >= 4 is 17.3 Å². The van der Waals surface area contributed by atoms with Crippen LogP contribution in [0.1, 0.15) is 22.2 Å². The summed E-state index contributed by atoms with van der Waals surface area (Å²) in [5.74, 6) is 1.08. The van der Waals surface area contributed by atoms with Crippen molar-refractivity contribution in [2.24, 2.45) is 0 Å². The Morgan fingerprint density at radius 1 is 1.00 bits per heavy atom. The minimum atomic E-state index is -0.461. The largest absolute Gasteiger partial charge is 0.497 e. The molecule has 0 radical (unpaired) electrons. The molecule has 1 aliphatic heterocycles. The average Bonchev–Trinajstić information content (AvgIpc) is 3.00. The van der Waals surface area contributed by atoms with Gasteiger partial charge >= 0.3 is 0 Å². The van der Waals surface area contributed by atoms with Crippen molar-refractivity contribution in [2.75, 3.05) is 24.4 Å². The van der Waals surface area contributed by atoms with Gasteiger partial charge in [-0.25, -0.2) is 0 Å². The number of carbonyl (C=O) groups excluding carboxylic acids is 1. The van der Waals surface area contributed by atoms with E-state index in [9.17, 15) is 4.79 Å². The van der Waals surface area contributed by atoms with Gasteiger partial charge in [-0.1, -0.05) is 18.2 Å². The maximum absolute atomic E-state index is 13.2. The van der Waals surface area contributed by atoms with Gasteiger partial charge in [0, 0.05) is 18.0 Å². The van der Waals surface area contributed by atoms with Gasteiger partial charge in [0.1, 0.15) is 11.5 Å². The normalized spacial score (nSPS) is 15.4. The first-order chi connectivity index (χ1) is 13.2. The lowest BCUT2D eigenvalue weighted by Gasteiger charge is -2.28. The maximum atomic E-state index is 13.2. The van der Waals surface area contributed by atoms with E-state index in [1.807, 2.05) is 30.3 Å². The number of anilines is 2. The van der Waals surface area contributed by atoms with E-state index in [1.165, 1.54) is 0 Å². The SMILES string of the molecule is COc1ccc(OC)c(N2C(=O)c3cccnc3[C@H]2Nc2ccccc2)c1. The molecule has 0 unspecified atom stereocenters. The van der Waals surface area contributed by atoms with Gasteiger partial charge in [0.05, 0.1) is 31.2 Å². The fourth-order valence-electron chi connectivity index (χ4n) is 3.24. The van der Waals surface area contributed by atoms with Crippen molar-refractivity contribution in [1.82, 2.24) is 4.98 Å². The Hall–Kier alpha value is -3.54. The number of para-hydroxylation sites is 1. The number of carbonyl (C=O) groups is 1. The van der Waals surface area contributed by atoms with Crippen molar-refractivity contribution in [3.8, 4) is 11.5 Å². The molecule has 0 aliphatic carbocycles. The Balaban J connectivity index is 1.84. The van der Waals surface area contributed by atoms with Crippen molar-refractivity contribution < 1.29 is 14.3 Å². The number of amides is 1. The fourth-order valence-corrected chi connectivity index (χ4v) is 3.24. The molecule has 6 heteroatoms. The monoisotopic (exact) mass is 361 g/mol. The molecule has 3 aromatic rings. The molecule has 27 heavy (non-hydrogen) atoms. The highest BCUT2D eigenvalue weighted by Gasteiger charge is 2.40. The van der Waals surface area contributed by atoms with Crippen molar-refractivity contribution in [3.63, 3.8) is 0 Å². The summed E-state index contributed by atoms with van der Waals surface area (Å²) in [6.45, 7) is 0. The lowest BCUT2D eigenvalue weighted by atomic mass is 10.2. The summed E-state index contributed by atoms with van der Waals surface area (Å²) in [5, 5.41) is 3.41. The van der Waals surface area contributed by atoms with Gasteiger partial charge in [0.15, 0.2) is 6.17 Å². The van der Waals surface area contributed by atoms with Crippen molar-refractivity contribution in [1.29, 1.82) is 0 Å². The van der Waals surface area contributed by atoms with Crippen LogP contribution in [0.3, 0.4) is 0 Å². The summed E-state index contributed by atoms with van der Waals surface area (Å²) >= 11 is 0. The van der Waals surface area contributed by atoms with Crippen LogP contribution in [0.15, 0.2) is 66.9 Å². The number of methoxy groups -OCH3 is 2. The highest BCUT2D eigenvalue weighted by molar-refractivity contribution is 6.11. The number of hydrogen-bond donors (Lipinski definition) is 1. The lowest BCUT2D eigenvalue weighted by Crippen LogP contribution is -2.32. The molecule has 0 saturated heterocycles. The zero-order valence-electron chi connectivity index (χ0n) is 15.0. The number of nitrogens with zero attached hydrogens (tertiary/aromatic N) is 2. The van der Waals surface area contributed by atoms with Crippen LogP contribution in [0.4, 0.5) is 11.4 Å². The molecule has 1 aliphatic rings. The van der Waals surface area contributed by atoms with E-state index in [0.29, 0.717) is 28.4 Å². The molecule has 2 heterocycles. The van der Waals surface area contributed by atoms with E-state index in [2.05, 4.69) is 10.3 Å². The van der Waals surface area contributed by atoms with E-state index in [4.69, 9.17) is 9.47 Å². The predicted molar refractivity (Wildman–Crippen MR) is 103 cm³/mol. The summed E-state index contributed by atoms with van der Waals surface area (Å²) in [5.41, 5.74) is 2.75. The van der Waals surface area contributed by atoms with Gasteiger partial charge in [-0.3, -0.25) is 14.7 Å². The molecule has 6 nitrogen and oxygen atoms in total. The third-order valence-electron chi connectivity index (χ3n) is 4.53. The van der Waals surface area contributed by atoms with E-state index in [-0.39, 0.29) is 5.91 Å². The molecule has 1 aromatic heterocycles. The van der Waals surface area contributed by atoms with Crippen LogP contribution in [-0.2, 0) is 0 Å². The minimum absolute atomic E-state index is 0.141. The Morgan fingerprint density at radius 2 is 1.81 bits per heavy atom. The van der Waals surface area contributed by atoms with Gasteiger partial charge in [-0.15, -0.1) is 0 Å². The molecule has 1 N–H and O–H groups in total. The summed E-state index contributed by atoms with van der Waals surface area (Å²) in [4.78, 5) is 19.3. The molecule has 0 bridgehead atoms. The zero-order chi connectivity index (χ0) is 18.8. The van der Waals surface area contributed by atoms with Crippen LogP contribution >= 0.6 is 0 Å². The number of ether oxygens (including phenoxy) is 2. The third-order valence-corrected chi connectivity index (χ3v) is 4.53. The Labute approximate surface area is 157 Å². The standard InChI is InChI=1S/C21H19N3O3/c1-26-15-10-11-18(27-2)17(13-15)24-20(23-14-7-4-3-5-8-14)19-16(21(24)25)9-6-12-22-19/h3-13,20,23H,1-2H3/t20-/m0/s1. The number of benzene rings is 2. The van der Waals surface area contributed by atoms with Crippen LogP contribution < -0.4 is 19.7 Å². The number of fused-ring (bicyclic) bond motifs is 1. The molecule has 0 spiro atoms. The molecule has 136 valence electrons. The highest BCUT2D eigenvalue weighted by atomic mass is 16.5. The second-order valence-electron chi connectivity index (χ2n) is 6.06.